The van der Waals surface area contributed by atoms with E-state index in [1.807, 2.05) is 0 Å². The fourth-order valence-corrected chi connectivity index (χ4v) is 9.62. The minimum Gasteiger partial charge on any atom is -0.393 e. The molecule has 5 aliphatic carbocycles. The van der Waals surface area contributed by atoms with Crippen molar-refractivity contribution >= 4 is 0 Å². The molecule has 0 aromatic heterocycles. The van der Waals surface area contributed by atoms with E-state index in [1.165, 1.54) is 51.4 Å². The molecule has 0 bridgehead atoms. The number of aliphatic hydroxyl groups excluding tert-OH is 1. The molecule has 0 aromatic carbocycles. The second-order valence-corrected chi connectivity index (χ2v) is 13.0. The zero-order valence-electron chi connectivity index (χ0n) is 19.8. The van der Waals surface area contributed by atoms with Gasteiger partial charge in [0.25, 0.3) is 0 Å². The monoisotopic (exact) mass is 398 g/mol. The Kier molecular flexibility index (Phi) is 5.05. The molecule has 0 amide bonds. The van der Waals surface area contributed by atoms with Gasteiger partial charge in [-0.25, -0.2) is 0 Å². The molecule has 1 N–H and O–H groups in total. The zero-order chi connectivity index (χ0) is 20.6. The summed E-state index contributed by atoms with van der Waals surface area (Å²) in [5.74, 6) is 7.61. The molecule has 1 nitrogen and oxygen atoms in total. The smallest absolute Gasteiger partial charge is 0.0577 e. The third-order valence-corrected chi connectivity index (χ3v) is 11.3. The molecular formula is C28H46O. The standard InChI is InChI=1S/C28H46O/c1-17(2)23-15-19(23)14-18(3)24-8-9-25-22-7-6-20-16-21(29)10-12-27(20,4)26(22)11-13-28(24,25)5/h6,17-19,21-26,29H,7-16H2,1-5H3/t18-,19?,21+,22+,23?,24-,25+,26+,27+,28-/m1/s1. The Morgan fingerprint density at radius 2 is 1.83 bits per heavy atom. The van der Waals surface area contributed by atoms with E-state index in [4.69, 9.17) is 0 Å². The van der Waals surface area contributed by atoms with Gasteiger partial charge in [0.05, 0.1) is 6.10 Å². The largest absolute Gasteiger partial charge is 0.393 e. The molecule has 4 fully saturated rings. The van der Waals surface area contributed by atoms with Crippen LogP contribution in [-0.2, 0) is 0 Å². The Labute approximate surface area is 180 Å². The molecular weight excluding hydrogens is 352 g/mol. The average Bonchev–Trinajstić information content (AvgIpc) is 3.34. The van der Waals surface area contributed by atoms with Crippen molar-refractivity contribution in [3.05, 3.63) is 11.6 Å². The van der Waals surface area contributed by atoms with Gasteiger partial charge in [-0.05, 0) is 122 Å². The molecule has 0 heterocycles. The van der Waals surface area contributed by atoms with Crippen LogP contribution in [0.4, 0.5) is 0 Å². The van der Waals surface area contributed by atoms with Crippen LogP contribution in [0.1, 0.15) is 98.8 Å². The van der Waals surface area contributed by atoms with E-state index in [-0.39, 0.29) is 6.10 Å². The fourth-order valence-electron chi connectivity index (χ4n) is 9.62. The first-order valence-electron chi connectivity index (χ1n) is 13.1. The maximum absolute atomic E-state index is 10.2. The van der Waals surface area contributed by atoms with Crippen LogP contribution in [0.15, 0.2) is 11.6 Å². The van der Waals surface area contributed by atoms with Gasteiger partial charge >= 0.3 is 0 Å². The Balaban J connectivity index is 1.32. The molecule has 1 heteroatoms. The number of allylic oxidation sites excluding steroid dienone is 1. The Bertz CT molecular complexity index is 663. The van der Waals surface area contributed by atoms with E-state index in [2.05, 4.69) is 40.7 Å². The van der Waals surface area contributed by atoms with Crippen molar-refractivity contribution in [2.75, 3.05) is 0 Å². The summed E-state index contributed by atoms with van der Waals surface area (Å²) in [6.07, 6.45) is 16.0. The SMILES string of the molecule is CC(C)C1CC1C[C@@H](C)[C@H]1CC[C@H]2[C@@H]3CC=C4C[C@@H](O)CC[C@]4(C)[C@H]3CC[C@]12C. The molecule has 0 aliphatic heterocycles. The van der Waals surface area contributed by atoms with Crippen LogP contribution in [-0.4, -0.2) is 11.2 Å². The van der Waals surface area contributed by atoms with Crippen molar-refractivity contribution in [1.29, 1.82) is 0 Å². The number of hydrogen-bond acceptors (Lipinski definition) is 1. The highest BCUT2D eigenvalue weighted by Crippen LogP contribution is 2.67. The maximum atomic E-state index is 10.2. The molecule has 5 aliphatic rings. The van der Waals surface area contributed by atoms with Crippen LogP contribution in [0.5, 0.6) is 0 Å². The van der Waals surface area contributed by atoms with E-state index in [9.17, 15) is 5.11 Å². The van der Waals surface area contributed by atoms with Crippen LogP contribution < -0.4 is 0 Å². The second kappa shape index (κ2) is 7.11. The minimum absolute atomic E-state index is 0.0754. The molecule has 0 radical (unpaired) electrons. The Morgan fingerprint density at radius 1 is 1.03 bits per heavy atom. The highest BCUT2D eigenvalue weighted by Gasteiger charge is 2.59. The van der Waals surface area contributed by atoms with Gasteiger partial charge in [0.2, 0.25) is 0 Å². The molecule has 5 rings (SSSR count). The summed E-state index contributed by atoms with van der Waals surface area (Å²) in [5, 5.41) is 10.2. The van der Waals surface area contributed by atoms with Gasteiger partial charge in [-0.1, -0.05) is 46.3 Å². The first kappa shape index (κ1) is 20.6. The highest BCUT2D eigenvalue weighted by molar-refractivity contribution is 5.25. The first-order valence-corrected chi connectivity index (χ1v) is 13.1. The molecule has 4 saturated carbocycles. The summed E-state index contributed by atoms with van der Waals surface area (Å²) in [7, 11) is 0. The van der Waals surface area contributed by atoms with Gasteiger partial charge in [0, 0.05) is 0 Å². The Hall–Kier alpha value is -0.300. The number of hydrogen-bond donors (Lipinski definition) is 1. The summed E-state index contributed by atoms with van der Waals surface area (Å²) in [5.41, 5.74) is 2.61. The van der Waals surface area contributed by atoms with Gasteiger partial charge in [-0.2, -0.15) is 0 Å². The molecule has 164 valence electrons. The molecule has 29 heavy (non-hydrogen) atoms. The maximum Gasteiger partial charge on any atom is 0.0577 e. The topological polar surface area (TPSA) is 20.2 Å². The average molecular weight is 399 g/mol. The van der Waals surface area contributed by atoms with Crippen molar-refractivity contribution in [1.82, 2.24) is 0 Å². The highest BCUT2D eigenvalue weighted by atomic mass is 16.3. The van der Waals surface area contributed by atoms with Crippen molar-refractivity contribution in [3.63, 3.8) is 0 Å². The Morgan fingerprint density at radius 3 is 2.55 bits per heavy atom. The molecule has 2 unspecified atom stereocenters. The predicted octanol–water partition coefficient (Wildman–Crippen LogP) is 7.24. The number of rotatable bonds is 4. The lowest BCUT2D eigenvalue weighted by Crippen LogP contribution is -2.50. The summed E-state index contributed by atoms with van der Waals surface area (Å²) in [6, 6.07) is 0. The zero-order valence-corrected chi connectivity index (χ0v) is 19.8. The van der Waals surface area contributed by atoms with Crippen molar-refractivity contribution < 1.29 is 5.11 Å². The quantitative estimate of drug-likeness (QED) is 0.495. The number of fused-ring (bicyclic) bond motifs is 5. The normalized spacial score (nSPS) is 52.4. The van der Waals surface area contributed by atoms with Gasteiger partial charge < -0.3 is 5.11 Å². The van der Waals surface area contributed by atoms with Gasteiger partial charge in [0.1, 0.15) is 0 Å². The van der Waals surface area contributed by atoms with Crippen LogP contribution in [0.2, 0.25) is 0 Å². The van der Waals surface area contributed by atoms with Gasteiger partial charge in [0.15, 0.2) is 0 Å². The molecule has 0 spiro atoms. The lowest BCUT2D eigenvalue weighted by Gasteiger charge is -2.58. The van der Waals surface area contributed by atoms with Crippen LogP contribution in [0, 0.1) is 58.2 Å². The third-order valence-electron chi connectivity index (χ3n) is 11.3. The van der Waals surface area contributed by atoms with Crippen molar-refractivity contribution in [3.8, 4) is 0 Å². The second-order valence-electron chi connectivity index (χ2n) is 13.0. The van der Waals surface area contributed by atoms with Crippen LogP contribution >= 0.6 is 0 Å². The van der Waals surface area contributed by atoms with E-state index in [0.717, 1.165) is 60.2 Å². The summed E-state index contributed by atoms with van der Waals surface area (Å²) in [4.78, 5) is 0. The van der Waals surface area contributed by atoms with Crippen LogP contribution in [0.3, 0.4) is 0 Å². The minimum atomic E-state index is -0.0754. The third kappa shape index (κ3) is 3.19. The summed E-state index contributed by atoms with van der Waals surface area (Å²) in [6.45, 7) is 12.8. The summed E-state index contributed by atoms with van der Waals surface area (Å²) >= 11 is 0. The molecule has 0 aromatic rings. The molecule has 0 saturated heterocycles. The number of aliphatic hydroxyl groups is 1. The van der Waals surface area contributed by atoms with Crippen LogP contribution in [0.25, 0.3) is 0 Å². The van der Waals surface area contributed by atoms with Crippen molar-refractivity contribution in [2.24, 2.45) is 58.2 Å². The van der Waals surface area contributed by atoms with E-state index >= 15 is 0 Å². The lowest BCUT2D eigenvalue weighted by atomic mass is 9.47. The summed E-state index contributed by atoms with van der Waals surface area (Å²) < 4.78 is 0. The van der Waals surface area contributed by atoms with Gasteiger partial charge in [-0.15, -0.1) is 0 Å². The predicted molar refractivity (Wildman–Crippen MR) is 121 cm³/mol. The van der Waals surface area contributed by atoms with E-state index in [0.29, 0.717) is 10.8 Å². The lowest BCUT2D eigenvalue weighted by molar-refractivity contribution is -0.0575. The van der Waals surface area contributed by atoms with E-state index < -0.39 is 0 Å². The molecule has 10 atom stereocenters. The van der Waals surface area contributed by atoms with Crippen molar-refractivity contribution in [2.45, 2.75) is 105 Å². The first-order chi connectivity index (χ1) is 13.7. The fraction of sp³-hybridized carbons (Fsp3) is 0.929. The van der Waals surface area contributed by atoms with E-state index in [1.54, 1.807) is 5.57 Å². The van der Waals surface area contributed by atoms with Gasteiger partial charge in [-0.3, -0.25) is 0 Å².